The van der Waals surface area contributed by atoms with E-state index in [1.807, 2.05) is 6.92 Å². The van der Waals surface area contributed by atoms with Crippen LogP contribution >= 0.6 is 0 Å². The van der Waals surface area contributed by atoms with Crippen LogP contribution in [0.4, 0.5) is 8.78 Å². The second kappa shape index (κ2) is 10.4. The fourth-order valence-corrected chi connectivity index (χ4v) is 3.05. The van der Waals surface area contributed by atoms with Crippen molar-refractivity contribution in [1.82, 2.24) is 0 Å². The molecule has 1 aliphatic carbocycles. The van der Waals surface area contributed by atoms with Crippen molar-refractivity contribution in [3.63, 3.8) is 0 Å². The summed E-state index contributed by atoms with van der Waals surface area (Å²) >= 11 is 0. The van der Waals surface area contributed by atoms with Gasteiger partial charge in [-0.15, -0.1) is 0 Å². The van der Waals surface area contributed by atoms with Crippen molar-refractivity contribution >= 4 is 0 Å². The van der Waals surface area contributed by atoms with Crippen molar-refractivity contribution in [3.8, 4) is 11.5 Å². The minimum absolute atomic E-state index is 0.0385. The number of hydrogen-bond acceptors (Lipinski definition) is 3. The van der Waals surface area contributed by atoms with Crippen LogP contribution in [0.2, 0.25) is 0 Å². The molecule has 0 spiro atoms. The summed E-state index contributed by atoms with van der Waals surface area (Å²) in [6.45, 7) is 3.33. The van der Waals surface area contributed by atoms with Crippen molar-refractivity contribution in [2.24, 2.45) is 11.8 Å². The number of ether oxygens (including phenoxy) is 3. The second-order valence-corrected chi connectivity index (χ2v) is 6.51. The molecule has 5 heteroatoms. The van der Waals surface area contributed by atoms with E-state index in [0.29, 0.717) is 31.7 Å². The SMILES string of the molecule is CCCOc1ccc(OCC2CCC(/C=C/COC)CC2)c(F)c1F. The first kappa shape index (κ1) is 19.7. The van der Waals surface area contributed by atoms with Crippen molar-refractivity contribution < 1.29 is 23.0 Å². The number of allylic oxidation sites excluding steroid dienone is 1. The molecule has 1 aliphatic rings. The summed E-state index contributed by atoms with van der Waals surface area (Å²) in [5.74, 6) is -1.08. The van der Waals surface area contributed by atoms with E-state index in [-0.39, 0.29) is 11.5 Å². The average Bonchev–Trinajstić information content (AvgIpc) is 2.63. The van der Waals surface area contributed by atoms with Gasteiger partial charge in [0, 0.05) is 7.11 Å². The maximum absolute atomic E-state index is 14.1. The molecule has 1 aromatic rings. The average molecular weight is 354 g/mol. The molecule has 25 heavy (non-hydrogen) atoms. The Morgan fingerprint density at radius 3 is 2.28 bits per heavy atom. The molecule has 0 amide bonds. The van der Waals surface area contributed by atoms with Crippen LogP contribution in [0.5, 0.6) is 11.5 Å². The Morgan fingerprint density at radius 2 is 1.68 bits per heavy atom. The monoisotopic (exact) mass is 354 g/mol. The van der Waals surface area contributed by atoms with Crippen LogP contribution in [0.3, 0.4) is 0 Å². The van der Waals surface area contributed by atoms with E-state index >= 15 is 0 Å². The van der Waals surface area contributed by atoms with Gasteiger partial charge >= 0.3 is 0 Å². The fourth-order valence-electron chi connectivity index (χ4n) is 3.05. The van der Waals surface area contributed by atoms with Gasteiger partial charge in [-0.1, -0.05) is 19.1 Å². The smallest absolute Gasteiger partial charge is 0.204 e. The van der Waals surface area contributed by atoms with Gasteiger partial charge in [0.25, 0.3) is 0 Å². The minimum atomic E-state index is -0.974. The van der Waals surface area contributed by atoms with E-state index in [0.717, 1.165) is 32.1 Å². The number of halogens is 2. The Bertz CT molecular complexity index is 552. The van der Waals surface area contributed by atoms with Crippen molar-refractivity contribution in [1.29, 1.82) is 0 Å². The predicted octanol–water partition coefficient (Wildman–Crippen LogP) is 5.14. The summed E-state index contributed by atoms with van der Waals surface area (Å²) in [7, 11) is 1.68. The van der Waals surface area contributed by atoms with Crippen molar-refractivity contribution in [2.75, 3.05) is 26.9 Å². The van der Waals surface area contributed by atoms with Crippen LogP contribution < -0.4 is 9.47 Å². The maximum atomic E-state index is 14.1. The summed E-state index contributed by atoms with van der Waals surface area (Å²) in [5, 5.41) is 0. The summed E-state index contributed by atoms with van der Waals surface area (Å²) < 4.78 is 43.8. The van der Waals surface area contributed by atoms with Crippen molar-refractivity contribution in [3.05, 3.63) is 35.9 Å². The minimum Gasteiger partial charge on any atom is -0.490 e. The number of hydrogen-bond donors (Lipinski definition) is 0. The molecule has 0 saturated heterocycles. The van der Waals surface area contributed by atoms with E-state index in [9.17, 15) is 8.78 Å². The highest BCUT2D eigenvalue weighted by Crippen LogP contribution is 2.32. The van der Waals surface area contributed by atoms with E-state index in [1.54, 1.807) is 7.11 Å². The summed E-state index contributed by atoms with van der Waals surface area (Å²) in [6.07, 6.45) is 9.26. The molecule has 0 unspecified atom stereocenters. The zero-order valence-electron chi connectivity index (χ0n) is 15.1. The maximum Gasteiger partial charge on any atom is 0.204 e. The summed E-state index contributed by atoms with van der Waals surface area (Å²) in [5.41, 5.74) is 0. The molecule has 3 nitrogen and oxygen atoms in total. The molecule has 0 atom stereocenters. The van der Waals surface area contributed by atoms with Crippen LogP contribution in [-0.2, 0) is 4.74 Å². The lowest BCUT2D eigenvalue weighted by molar-refractivity contribution is 0.186. The van der Waals surface area contributed by atoms with Crippen LogP contribution in [-0.4, -0.2) is 26.9 Å². The normalized spacial score (nSPS) is 20.8. The zero-order chi connectivity index (χ0) is 18.1. The van der Waals surface area contributed by atoms with Crippen LogP contribution in [0.15, 0.2) is 24.3 Å². The van der Waals surface area contributed by atoms with Gasteiger partial charge in [-0.05, 0) is 56.1 Å². The summed E-state index contributed by atoms with van der Waals surface area (Å²) in [6, 6.07) is 2.88. The summed E-state index contributed by atoms with van der Waals surface area (Å²) in [4.78, 5) is 0. The Labute approximate surface area is 149 Å². The molecule has 0 bridgehead atoms. The standard InChI is InChI=1S/C20H28F2O3/c1-3-12-24-17-10-11-18(20(22)19(17)21)25-14-16-8-6-15(7-9-16)5-4-13-23-2/h4-5,10-11,15-16H,3,6-9,12-14H2,1-2H3/b5-4+. The van der Waals surface area contributed by atoms with Gasteiger partial charge in [-0.25, -0.2) is 0 Å². The first-order valence-electron chi connectivity index (χ1n) is 9.04. The zero-order valence-corrected chi connectivity index (χ0v) is 15.1. The van der Waals surface area contributed by atoms with Gasteiger partial charge in [0.15, 0.2) is 11.5 Å². The Morgan fingerprint density at radius 1 is 1.04 bits per heavy atom. The van der Waals surface area contributed by atoms with Crippen molar-refractivity contribution in [2.45, 2.75) is 39.0 Å². The van der Waals surface area contributed by atoms with Crippen LogP contribution in [0.25, 0.3) is 0 Å². The third-order valence-electron chi connectivity index (χ3n) is 4.51. The Hall–Kier alpha value is -1.62. The molecule has 0 heterocycles. The second-order valence-electron chi connectivity index (χ2n) is 6.51. The topological polar surface area (TPSA) is 27.7 Å². The Kier molecular flexibility index (Phi) is 8.19. The number of benzene rings is 1. The van der Waals surface area contributed by atoms with E-state index in [4.69, 9.17) is 14.2 Å². The molecule has 1 saturated carbocycles. The van der Waals surface area contributed by atoms with E-state index in [2.05, 4.69) is 12.2 Å². The number of methoxy groups -OCH3 is 1. The first-order valence-corrected chi connectivity index (χ1v) is 9.04. The molecular weight excluding hydrogens is 326 g/mol. The Balaban J connectivity index is 1.81. The quantitative estimate of drug-likeness (QED) is 0.575. The lowest BCUT2D eigenvalue weighted by Crippen LogP contribution is -2.19. The largest absolute Gasteiger partial charge is 0.490 e. The highest BCUT2D eigenvalue weighted by molar-refractivity contribution is 5.35. The van der Waals surface area contributed by atoms with Gasteiger partial charge in [0.05, 0.1) is 19.8 Å². The molecular formula is C20H28F2O3. The lowest BCUT2D eigenvalue weighted by atomic mass is 9.82. The lowest BCUT2D eigenvalue weighted by Gasteiger charge is -2.26. The van der Waals surface area contributed by atoms with Gasteiger partial charge in [0.1, 0.15) is 0 Å². The van der Waals surface area contributed by atoms with E-state index in [1.165, 1.54) is 12.1 Å². The van der Waals surface area contributed by atoms with Gasteiger partial charge in [-0.3, -0.25) is 0 Å². The first-order chi connectivity index (χ1) is 12.2. The van der Waals surface area contributed by atoms with Crippen LogP contribution in [0, 0.1) is 23.5 Å². The van der Waals surface area contributed by atoms with Gasteiger partial charge in [-0.2, -0.15) is 8.78 Å². The molecule has 1 aromatic carbocycles. The molecule has 0 aromatic heterocycles. The highest BCUT2D eigenvalue weighted by Gasteiger charge is 2.21. The molecule has 0 radical (unpaired) electrons. The van der Waals surface area contributed by atoms with E-state index < -0.39 is 11.6 Å². The van der Waals surface area contributed by atoms with Crippen LogP contribution in [0.1, 0.15) is 39.0 Å². The highest BCUT2D eigenvalue weighted by atomic mass is 19.2. The fraction of sp³-hybridized carbons (Fsp3) is 0.600. The molecule has 0 aliphatic heterocycles. The third kappa shape index (κ3) is 5.99. The van der Waals surface area contributed by atoms with Gasteiger partial charge in [0.2, 0.25) is 11.6 Å². The number of rotatable bonds is 9. The van der Waals surface area contributed by atoms with Gasteiger partial charge < -0.3 is 14.2 Å². The molecule has 140 valence electrons. The third-order valence-corrected chi connectivity index (χ3v) is 4.51. The molecule has 2 rings (SSSR count). The molecule has 0 N–H and O–H groups in total. The molecule has 1 fully saturated rings. The predicted molar refractivity (Wildman–Crippen MR) is 94.1 cm³/mol.